The van der Waals surface area contributed by atoms with Crippen LogP contribution >= 0.6 is 0 Å². The third-order valence-corrected chi connectivity index (χ3v) is 5.40. The molecule has 1 saturated heterocycles. The van der Waals surface area contributed by atoms with Crippen molar-refractivity contribution in [1.82, 2.24) is 15.1 Å². The number of nitrogens with one attached hydrogen (secondary N) is 2. The Labute approximate surface area is 140 Å². The number of anilines is 1. The normalized spacial score (nSPS) is 25.9. The van der Waals surface area contributed by atoms with Gasteiger partial charge < -0.3 is 10.6 Å². The number of fused-ring (bicyclic) bond motifs is 1. The molecular weight excluding hydrogens is 310 g/mol. The lowest BCUT2D eigenvalue weighted by atomic mass is 10.0. The van der Waals surface area contributed by atoms with Gasteiger partial charge in [-0.15, -0.1) is 0 Å². The van der Waals surface area contributed by atoms with Gasteiger partial charge in [-0.2, -0.15) is 5.10 Å². The molecule has 2 N–H and O–H groups in total. The number of benzene rings is 1. The van der Waals surface area contributed by atoms with Crippen LogP contribution in [0.3, 0.4) is 0 Å². The van der Waals surface area contributed by atoms with E-state index in [1.54, 1.807) is 37.0 Å². The summed E-state index contributed by atoms with van der Waals surface area (Å²) >= 11 is 0. The molecule has 6 heteroatoms. The van der Waals surface area contributed by atoms with E-state index in [1.165, 1.54) is 0 Å². The molecule has 1 aromatic heterocycles. The van der Waals surface area contributed by atoms with Gasteiger partial charge in [0.15, 0.2) is 11.6 Å². The number of nitrogens with zero attached hydrogens (tertiary/aromatic N) is 2. The molecule has 4 rings (SSSR count). The van der Waals surface area contributed by atoms with Crippen LogP contribution in [0, 0.1) is 30.4 Å². The monoisotopic (exact) mass is 332 g/mol. The molecule has 2 fully saturated rings. The van der Waals surface area contributed by atoms with Crippen molar-refractivity contribution < 1.29 is 8.78 Å². The SMILES string of the molecule is Cc1nn(C)cc1-c1ccc(NC2C[C@H]3CNC[C@H]3C2)c(F)c1F. The van der Waals surface area contributed by atoms with E-state index in [-0.39, 0.29) is 17.3 Å². The van der Waals surface area contributed by atoms with Crippen LogP contribution in [0.4, 0.5) is 14.5 Å². The van der Waals surface area contributed by atoms with E-state index in [4.69, 9.17) is 0 Å². The second kappa shape index (κ2) is 5.84. The van der Waals surface area contributed by atoms with E-state index < -0.39 is 11.6 Å². The summed E-state index contributed by atoms with van der Waals surface area (Å²) in [7, 11) is 1.77. The summed E-state index contributed by atoms with van der Waals surface area (Å²) in [4.78, 5) is 0. The first-order valence-electron chi connectivity index (χ1n) is 8.48. The Morgan fingerprint density at radius 2 is 1.83 bits per heavy atom. The Bertz CT molecular complexity index is 759. The van der Waals surface area contributed by atoms with Gasteiger partial charge in [0, 0.05) is 30.4 Å². The van der Waals surface area contributed by atoms with Crippen LogP contribution in [0.2, 0.25) is 0 Å². The zero-order chi connectivity index (χ0) is 16.8. The maximum Gasteiger partial charge on any atom is 0.182 e. The number of hydrogen-bond donors (Lipinski definition) is 2. The van der Waals surface area contributed by atoms with Crippen LogP contribution < -0.4 is 10.6 Å². The molecule has 1 aliphatic heterocycles. The van der Waals surface area contributed by atoms with Gasteiger partial charge in [0.2, 0.25) is 0 Å². The highest BCUT2D eigenvalue weighted by Gasteiger charge is 2.37. The second-order valence-corrected chi connectivity index (χ2v) is 7.08. The van der Waals surface area contributed by atoms with Crippen LogP contribution in [0.15, 0.2) is 18.3 Å². The van der Waals surface area contributed by atoms with Gasteiger partial charge >= 0.3 is 0 Å². The topological polar surface area (TPSA) is 41.9 Å². The Morgan fingerprint density at radius 3 is 2.46 bits per heavy atom. The van der Waals surface area contributed by atoms with Gasteiger partial charge in [-0.3, -0.25) is 4.68 Å². The van der Waals surface area contributed by atoms with Gasteiger partial charge in [0.25, 0.3) is 0 Å². The second-order valence-electron chi connectivity index (χ2n) is 7.08. The van der Waals surface area contributed by atoms with Gasteiger partial charge in [-0.05, 0) is 56.8 Å². The highest BCUT2D eigenvalue weighted by Crippen LogP contribution is 2.37. The molecule has 1 saturated carbocycles. The average Bonchev–Trinajstić information content (AvgIpc) is 3.19. The van der Waals surface area contributed by atoms with Crippen molar-refractivity contribution in [2.24, 2.45) is 18.9 Å². The molecular formula is C18H22F2N4. The lowest BCUT2D eigenvalue weighted by molar-refractivity contribution is 0.494. The van der Waals surface area contributed by atoms with Crippen LogP contribution in [0.25, 0.3) is 11.1 Å². The lowest BCUT2D eigenvalue weighted by Gasteiger charge is -2.17. The molecule has 2 heterocycles. The quantitative estimate of drug-likeness (QED) is 0.908. The Kier molecular flexibility index (Phi) is 3.79. The first-order valence-corrected chi connectivity index (χ1v) is 8.48. The van der Waals surface area contributed by atoms with Crippen molar-refractivity contribution in [2.45, 2.75) is 25.8 Å². The smallest absolute Gasteiger partial charge is 0.182 e. The Balaban J connectivity index is 1.57. The molecule has 24 heavy (non-hydrogen) atoms. The van der Waals surface area contributed by atoms with Gasteiger partial charge in [-0.25, -0.2) is 8.78 Å². The zero-order valence-corrected chi connectivity index (χ0v) is 13.9. The van der Waals surface area contributed by atoms with E-state index in [1.807, 2.05) is 0 Å². The van der Waals surface area contributed by atoms with E-state index in [2.05, 4.69) is 15.7 Å². The van der Waals surface area contributed by atoms with Crippen LogP contribution in [0.5, 0.6) is 0 Å². The van der Waals surface area contributed by atoms with Crippen LogP contribution in [-0.4, -0.2) is 28.9 Å². The fourth-order valence-corrected chi connectivity index (χ4v) is 4.24. The molecule has 3 atom stereocenters. The maximum atomic E-state index is 14.6. The van der Waals surface area contributed by atoms with Crippen molar-refractivity contribution in [1.29, 1.82) is 0 Å². The predicted molar refractivity (Wildman–Crippen MR) is 89.8 cm³/mol. The maximum absolute atomic E-state index is 14.6. The standard InChI is InChI=1S/C18H22F2N4/c1-10-15(9-24(2)23-10)14-3-4-16(18(20)17(14)19)22-13-5-11-7-21-8-12(11)6-13/h3-4,9,11-13,21-22H,5-8H2,1-2H3/t11-,12+,13?. The first-order chi connectivity index (χ1) is 11.5. The first kappa shape index (κ1) is 15.6. The van der Waals surface area contributed by atoms with Gasteiger partial charge in [-0.1, -0.05) is 0 Å². The summed E-state index contributed by atoms with van der Waals surface area (Å²) in [5, 5.41) is 10.8. The summed E-state index contributed by atoms with van der Waals surface area (Å²) in [6.07, 6.45) is 3.75. The van der Waals surface area contributed by atoms with E-state index in [9.17, 15) is 8.78 Å². The molecule has 1 unspecified atom stereocenters. The third-order valence-electron chi connectivity index (χ3n) is 5.40. The molecule has 0 bridgehead atoms. The minimum absolute atomic E-state index is 0.224. The van der Waals surface area contributed by atoms with Crippen LogP contribution in [0.1, 0.15) is 18.5 Å². The molecule has 2 aliphatic rings. The molecule has 4 nitrogen and oxygen atoms in total. The fourth-order valence-electron chi connectivity index (χ4n) is 4.24. The number of aryl methyl sites for hydroxylation is 2. The minimum Gasteiger partial charge on any atom is -0.380 e. The fraction of sp³-hybridized carbons (Fsp3) is 0.500. The number of hydrogen-bond acceptors (Lipinski definition) is 3. The molecule has 0 amide bonds. The third kappa shape index (κ3) is 2.59. The lowest BCUT2D eigenvalue weighted by Crippen LogP contribution is -2.21. The number of aromatic nitrogens is 2. The highest BCUT2D eigenvalue weighted by atomic mass is 19.2. The minimum atomic E-state index is -0.809. The van der Waals surface area contributed by atoms with E-state index >= 15 is 0 Å². The molecule has 0 radical (unpaired) electrons. The molecule has 1 aromatic carbocycles. The van der Waals surface area contributed by atoms with Crippen molar-refractivity contribution >= 4 is 5.69 Å². The van der Waals surface area contributed by atoms with Crippen LogP contribution in [-0.2, 0) is 7.05 Å². The molecule has 0 spiro atoms. The van der Waals surface area contributed by atoms with Gasteiger partial charge in [0.05, 0.1) is 11.4 Å². The summed E-state index contributed by atoms with van der Waals surface area (Å²) < 4.78 is 30.7. The van der Waals surface area contributed by atoms with Gasteiger partial charge in [0.1, 0.15) is 0 Å². The summed E-state index contributed by atoms with van der Waals surface area (Å²) in [5.74, 6) is -0.289. The summed E-state index contributed by atoms with van der Waals surface area (Å²) in [6, 6.07) is 3.51. The largest absolute Gasteiger partial charge is 0.380 e. The number of rotatable bonds is 3. The molecule has 2 aromatic rings. The zero-order valence-electron chi connectivity index (χ0n) is 13.9. The Hall–Kier alpha value is -1.95. The highest BCUT2D eigenvalue weighted by molar-refractivity contribution is 5.68. The Morgan fingerprint density at radius 1 is 1.12 bits per heavy atom. The predicted octanol–water partition coefficient (Wildman–Crippen LogP) is 3.08. The molecule has 128 valence electrons. The number of halogens is 2. The molecule has 1 aliphatic carbocycles. The van der Waals surface area contributed by atoms with Crippen molar-refractivity contribution in [3.63, 3.8) is 0 Å². The van der Waals surface area contributed by atoms with Crippen molar-refractivity contribution in [2.75, 3.05) is 18.4 Å². The van der Waals surface area contributed by atoms with Crippen molar-refractivity contribution in [3.05, 3.63) is 35.7 Å². The van der Waals surface area contributed by atoms with Crippen molar-refractivity contribution in [3.8, 4) is 11.1 Å². The average molecular weight is 332 g/mol. The summed E-state index contributed by atoms with van der Waals surface area (Å²) in [6.45, 7) is 3.88. The summed E-state index contributed by atoms with van der Waals surface area (Å²) in [5.41, 5.74) is 1.83. The van der Waals surface area contributed by atoms with E-state index in [0.29, 0.717) is 23.1 Å². The van der Waals surface area contributed by atoms with E-state index in [0.717, 1.165) is 25.9 Å².